The van der Waals surface area contributed by atoms with Gasteiger partial charge in [0.05, 0.1) is 11.4 Å². The van der Waals surface area contributed by atoms with E-state index in [0.717, 1.165) is 44.2 Å². The molecule has 3 fully saturated rings. The number of nitrogens with two attached hydrogens (primary N) is 2. The van der Waals surface area contributed by atoms with Crippen LogP contribution in [0.4, 0.5) is 0 Å². The third-order valence-electron chi connectivity index (χ3n) is 9.09. The minimum absolute atomic E-state index is 0.1000. The molecule has 5 heteroatoms. The first-order valence-corrected chi connectivity index (χ1v) is 10.3. The van der Waals surface area contributed by atoms with Crippen LogP contribution in [0, 0.1) is 28.6 Å². The van der Waals surface area contributed by atoms with Gasteiger partial charge in [0.1, 0.15) is 5.60 Å². The summed E-state index contributed by atoms with van der Waals surface area (Å²) in [4.78, 5) is 0. The Kier molecular flexibility index (Phi) is 4.03. The largest absolute Gasteiger partial charge is 0.383 e. The molecule has 5 nitrogen and oxygen atoms in total. The number of fused-ring (bicyclic) bond motifs is 5. The van der Waals surface area contributed by atoms with Gasteiger partial charge in [0.2, 0.25) is 0 Å². The highest BCUT2D eigenvalue weighted by molar-refractivity contribution is 5.96. The molecule has 0 aliphatic heterocycles. The van der Waals surface area contributed by atoms with Crippen LogP contribution >= 0.6 is 0 Å². The van der Waals surface area contributed by atoms with Crippen LogP contribution in [0.5, 0.6) is 0 Å². The number of aliphatic hydroxyl groups is 1. The van der Waals surface area contributed by atoms with Crippen LogP contribution in [0.1, 0.15) is 72.1 Å². The van der Waals surface area contributed by atoms with Crippen molar-refractivity contribution in [1.82, 2.24) is 0 Å². The third-order valence-corrected chi connectivity index (χ3v) is 9.09. The Bertz CT molecular complexity index is 698. The van der Waals surface area contributed by atoms with Crippen LogP contribution in [0.15, 0.2) is 21.9 Å². The Labute approximate surface area is 157 Å². The number of rotatable bonds is 1. The van der Waals surface area contributed by atoms with Gasteiger partial charge in [-0.05, 0) is 87.5 Å². The molecule has 5 N–H and O–H groups in total. The van der Waals surface area contributed by atoms with Crippen LogP contribution in [-0.2, 0) is 0 Å². The summed E-state index contributed by atoms with van der Waals surface area (Å²) < 4.78 is 0. The van der Waals surface area contributed by atoms with Gasteiger partial charge in [0, 0.05) is 5.41 Å². The number of allylic oxidation sites excluding steroid dienone is 2. The van der Waals surface area contributed by atoms with Gasteiger partial charge in [0.25, 0.3) is 0 Å². The lowest BCUT2D eigenvalue weighted by molar-refractivity contribution is -0.0945. The van der Waals surface area contributed by atoms with Gasteiger partial charge in [-0.25, -0.2) is 0 Å². The van der Waals surface area contributed by atoms with Crippen LogP contribution in [0.2, 0.25) is 0 Å². The van der Waals surface area contributed by atoms with E-state index >= 15 is 0 Å². The minimum atomic E-state index is -0.833. The first-order valence-electron chi connectivity index (χ1n) is 10.3. The van der Waals surface area contributed by atoms with E-state index in [1.165, 1.54) is 12.8 Å². The summed E-state index contributed by atoms with van der Waals surface area (Å²) >= 11 is 0. The maximum atomic E-state index is 11.5. The van der Waals surface area contributed by atoms with Crippen molar-refractivity contribution < 1.29 is 5.11 Å². The topological polar surface area (TPSA) is 97.0 Å². The Balaban J connectivity index is 1.68. The first kappa shape index (κ1) is 18.0. The van der Waals surface area contributed by atoms with Gasteiger partial charge >= 0.3 is 0 Å². The molecular weight excluding hydrogens is 324 g/mol. The Hall–Kier alpha value is -1.36. The van der Waals surface area contributed by atoms with E-state index < -0.39 is 5.60 Å². The zero-order valence-corrected chi connectivity index (χ0v) is 16.5. The Morgan fingerprint density at radius 3 is 2.50 bits per heavy atom. The van der Waals surface area contributed by atoms with E-state index in [1.807, 2.05) is 6.92 Å². The molecule has 4 aliphatic carbocycles. The number of nitrogens with zero attached hydrogens (tertiary/aromatic N) is 2. The van der Waals surface area contributed by atoms with Gasteiger partial charge in [0.15, 0.2) is 0 Å². The molecule has 0 bridgehead atoms. The summed E-state index contributed by atoms with van der Waals surface area (Å²) in [5, 5.41) is 19.4. The molecule has 0 aromatic rings. The van der Waals surface area contributed by atoms with Crippen molar-refractivity contribution in [2.45, 2.75) is 77.7 Å². The smallest absolute Gasteiger partial charge is 0.110 e. The summed E-state index contributed by atoms with van der Waals surface area (Å²) in [6, 6.07) is 0. The fourth-order valence-corrected chi connectivity index (χ4v) is 7.39. The van der Waals surface area contributed by atoms with Crippen molar-refractivity contribution in [1.29, 1.82) is 0 Å². The monoisotopic (exact) mass is 358 g/mol. The first-order chi connectivity index (χ1) is 12.3. The van der Waals surface area contributed by atoms with E-state index in [-0.39, 0.29) is 10.8 Å². The molecule has 3 saturated carbocycles. The summed E-state index contributed by atoms with van der Waals surface area (Å²) in [6.07, 6.45) is 10.9. The van der Waals surface area contributed by atoms with Crippen molar-refractivity contribution in [2.24, 2.45) is 50.5 Å². The molecule has 0 amide bonds. The molecule has 0 heterocycles. The van der Waals surface area contributed by atoms with Crippen molar-refractivity contribution in [2.75, 3.05) is 0 Å². The second-order valence-electron chi connectivity index (χ2n) is 9.69. The highest BCUT2D eigenvalue weighted by Crippen LogP contribution is 2.67. The number of hydrogen-bond acceptors (Lipinski definition) is 5. The molecule has 6 atom stereocenters. The van der Waals surface area contributed by atoms with Gasteiger partial charge in [-0.3, -0.25) is 0 Å². The van der Waals surface area contributed by atoms with Gasteiger partial charge in [-0.2, -0.15) is 10.2 Å². The van der Waals surface area contributed by atoms with E-state index in [4.69, 9.17) is 11.7 Å². The van der Waals surface area contributed by atoms with Crippen LogP contribution in [-0.4, -0.2) is 22.1 Å². The van der Waals surface area contributed by atoms with Crippen molar-refractivity contribution in [3.05, 3.63) is 11.6 Å². The number of hydrazone groups is 2. The number of hydrogen-bond donors (Lipinski definition) is 3. The molecular formula is C21H34N4O. The molecule has 0 spiro atoms. The van der Waals surface area contributed by atoms with Crippen LogP contribution < -0.4 is 11.7 Å². The maximum absolute atomic E-state index is 11.5. The molecule has 4 aliphatic rings. The zero-order chi connectivity index (χ0) is 18.7. The summed E-state index contributed by atoms with van der Waals surface area (Å²) in [7, 11) is 0. The molecule has 26 heavy (non-hydrogen) atoms. The molecule has 0 aromatic heterocycles. The van der Waals surface area contributed by atoms with Gasteiger partial charge < -0.3 is 16.8 Å². The highest BCUT2D eigenvalue weighted by Gasteiger charge is 2.64. The lowest BCUT2D eigenvalue weighted by Gasteiger charge is -2.59. The molecule has 0 radical (unpaired) electrons. The average Bonchev–Trinajstić information content (AvgIpc) is 2.92. The molecule has 0 aromatic carbocycles. The quantitative estimate of drug-likeness (QED) is 0.381. The second kappa shape index (κ2) is 5.82. The molecule has 0 unspecified atom stereocenters. The SMILES string of the molecule is C/C(=N/N)[C@]1(O)CC[C@@H]2[C@H]3CCC4=C/C(=N/N)CC[C@@]4(C)[C@@H]3CC[C@]21C. The summed E-state index contributed by atoms with van der Waals surface area (Å²) in [5.74, 6) is 13.1. The van der Waals surface area contributed by atoms with Gasteiger partial charge in [-0.1, -0.05) is 19.4 Å². The van der Waals surface area contributed by atoms with Crippen LogP contribution in [0.25, 0.3) is 0 Å². The highest BCUT2D eigenvalue weighted by atomic mass is 16.3. The standard InChI is InChI=1S/C21H34N4O/c1-13(24-22)21(26)11-8-18-16-5-4-14-12-15(25-23)6-9-19(14,2)17(16)7-10-20(18,21)3/h12,16-18,26H,4-11,22-23H2,1-3H3/b24-13-,25-15+/t16-,17+,18+,19+,20+,21+/m0/s1. The van der Waals surface area contributed by atoms with Crippen LogP contribution in [0.3, 0.4) is 0 Å². The fourth-order valence-electron chi connectivity index (χ4n) is 7.39. The van der Waals surface area contributed by atoms with E-state index in [1.54, 1.807) is 5.57 Å². The van der Waals surface area contributed by atoms with Gasteiger partial charge in [-0.15, -0.1) is 0 Å². The second-order valence-corrected chi connectivity index (χ2v) is 9.69. The average molecular weight is 359 g/mol. The lowest BCUT2D eigenvalue weighted by Crippen LogP contribution is -2.57. The molecule has 0 saturated heterocycles. The van der Waals surface area contributed by atoms with Crippen molar-refractivity contribution >= 4 is 11.4 Å². The van der Waals surface area contributed by atoms with Crippen molar-refractivity contribution in [3.8, 4) is 0 Å². The predicted octanol–water partition coefficient (Wildman–Crippen LogP) is 3.33. The Morgan fingerprint density at radius 2 is 1.81 bits per heavy atom. The van der Waals surface area contributed by atoms with E-state index in [0.29, 0.717) is 23.5 Å². The summed E-state index contributed by atoms with van der Waals surface area (Å²) in [5.41, 5.74) is 2.67. The van der Waals surface area contributed by atoms with E-state index in [9.17, 15) is 5.11 Å². The lowest BCUT2D eigenvalue weighted by atomic mass is 9.46. The minimum Gasteiger partial charge on any atom is -0.383 e. The summed E-state index contributed by atoms with van der Waals surface area (Å²) in [6.45, 7) is 6.67. The normalized spacial score (nSPS) is 50.0. The molecule has 4 rings (SSSR count). The zero-order valence-electron chi connectivity index (χ0n) is 16.5. The predicted molar refractivity (Wildman–Crippen MR) is 106 cm³/mol. The molecule has 144 valence electrons. The third kappa shape index (κ3) is 2.12. The Morgan fingerprint density at radius 1 is 1.08 bits per heavy atom. The van der Waals surface area contributed by atoms with E-state index in [2.05, 4.69) is 30.1 Å². The maximum Gasteiger partial charge on any atom is 0.110 e. The fraction of sp³-hybridized carbons (Fsp3) is 0.810. The van der Waals surface area contributed by atoms with Crippen molar-refractivity contribution in [3.63, 3.8) is 0 Å².